The van der Waals surface area contributed by atoms with Gasteiger partial charge in [-0.05, 0) is 35.3 Å². The van der Waals surface area contributed by atoms with E-state index < -0.39 is 0 Å². The molecule has 1 aliphatic heterocycles. The standard InChI is InChI=1S/C27H34N4OS/c1-20-14-16-30(17-15-20)24(32)19-33-26-29-28-25(31(26)18-21-8-6-5-7-9-21)22-10-12-23(13-11-22)27(2,3)4/h5-13,20H,14-19H2,1-4H3. The van der Waals surface area contributed by atoms with Crippen LogP contribution in [0.3, 0.4) is 0 Å². The second-order valence-electron chi connectivity index (χ2n) is 10.1. The van der Waals surface area contributed by atoms with E-state index >= 15 is 0 Å². The van der Waals surface area contributed by atoms with Crippen LogP contribution < -0.4 is 0 Å². The molecule has 0 N–H and O–H groups in total. The number of piperidine rings is 1. The summed E-state index contributed by atoms with van der Waals surface area (Å²) in [4.78, 5) is 14.8. The molecule has 1 amide bonds. The van der Waals surface area contributed by atoms with Crippen molar-refractivity contribution >= 4 is 17.7 Å². The largest absolute Gasteiger partial charge is 0.342 e. The Bertz CT molecular complexity index is 1060. The number of hydrogen-bond donors (Lipinski definition) is 0. The van der Waals surface area contributed by atoms with E-state index in [2.05, 4.69) is 78.9 Å². The molecular weight excluding hydrogens is 428 g/mol. The lowest BCUT2D eigenvalue weighted by Gasteiger charge is -2.30. The lowest BCUT2D eigenvalue weighted by atomic mass is 9.87. The van der Waals surface area contributed by atoms with Crippen LogP contribution in [0.4, 0.5) is 0 Å². The third-order valence-corrected chi connectivity index (χ3v) is 7.32. The molecule has 5 nitrogen and oxygen atoms in total. The Morgan fingerprint density at radius 2 is 1.67 bits per heavy atom. The molecule has 0 bridgehead atoms. The van der Waals surface area contributed by atoms with Crippen LogP contribution in [-0.4, -0.2) is 44.4 Å². The number of carbonyl (C=O) groups excluding carboxylic acids is 1. The second kappa shape index (κ2) is 10.1. The predicted molar refractivity (Wildman–Crippen MR) is 135 cm³/mol. The van der Waals surface area contributed by atoms with E-state index in [0.29, 0.717) is 18.2 Å². The van der Waals surface area contributed by atoms with E-state index in [1.165, 1.54) is 22.9 Å². The smallest absolute Gasteiger partial charge is 0.233 e. The fraction of sp³-hybridized carbons (Fsp3) is 0.444. The number of thioether (sulfide) groups is 1. The van der Waals surface area contributed by atoms with Gasteiger partial charge in [0.15, 0.2) is 11.0 Å². The molecule has 3 aromatic rings. The molecule has 4 rings (SSSR count). The highest BCUT2D eigenvalue weighted by atomic mass is 32.2. The summed E-state index contributed by atoms with van der Waals surface area (Å²) in [6.45, 7) is 11.3. The van der Waals surface area contributed by atoms with Gasteiger partial charge >= 0.3 is 0 Å². The number of aromatic nitrogens is 3. The Morgan fingerprint density at radius 3 is 2.30 bits per heavy atom. The van der Waals surface area contributed by atoms with Crippen LogP contribution in [-0.2, 0) is 16.8 Å². The Kier molecular flexibility index (Phi) is 7.23. The van der Waals surface area contributed by atoms with Crippen LogP contribution in [0.2, 0.25) is 0 Å². The topological polar surface area (TPSA) is 51.0 Å². The molecule has 0 unspecified atom stereocenters. The molecule has 6 heteroatoms. The van der Waals surface area contributed by atoms with Crippen LogP contribution in [0.1, 0.15) is 51.7 Å². The zero-order chi connectivity index (χ0) is 23.4. The Balaban J connectivity index is 1.56. The molecule has 2 heterocycles. The molecule has 0 atom stereocenters. The average Bonchev–Trinajstić information content (AvgIpc) is 3.20. The fourth-order valence-corrected chi connectivity index (χ4v) is 4.95. The molecule has 1 aliphatic rings. The third-order valence-electron chi connectivity index (χ3n) is 6.37. The minimum atomic E-state index is 0.101. The maximum Gasteiger partial charge on any atom is 0.233 e. The zero-order valence-corrected chi connectivity index (χ0v) is 20.9. The lowest BCUT2D eigenvalue weighted by Crippen LogP contribution is -2.38. The van der Waals surface area contributed by atoms with Gasteiger partial charge in [-0.1, -0.05) is 94.1 Å². The molecule has 0 aliphatic carbocycles. The number of likely N-dealkylation sites (tertiary alicyclic amines) is 1. The predicted octanol–water partition coefficient (Wildman–Crippen LogP) is 5.64. The Labute approximate surface area is 201 Å². The first-order valence-corrected chi connectivity index (χ1v) is 12.8. The van der Waals surface area contributed by atoms with Gasteiger partial charge in [-0.25, -0.2) is 0 Å². The molecule has 0 radical (unpaired) electrons. The maximum absolute atomic E-state index is 12.8. The molecule has 1 saturated heterocycles. The van der Waals surface area contributed by atoms with Gasteiger partial charge in [0.1, 0.15) is 0 Å². The molecule has 174 valence electrons. The number of amides is 1. The normalized spacial score (nSPS) is 15.1. The third kappa shape index (κ3) is 5.85. The van der Waals surface area contributed by atoms with Crippen molar-refractivity contribution in [2.75, 3.05) is 18.8 Å². The average molecular weight is 463 g/mol. The van der Waals surface area contributed by atoms with E-state index in [1.54, 1.807) is 0 Å². The van der Waals surface area contributed by atoms with Crippen molar-refractivity contribution in [3.8, 4) is 11.4 Å². The number of rotatable bonds is 6. The second-order valence-corrected chi connectivity index (χ2v) is 11.0. The summed E-state index contributed by atoms with van der Waals surface area (Å²) in [6, 6.07) is 18.9. The summed E-state index contributed by atoms with van der Waals surface area (Å²) >= 11 is 1.49. The Morgan fingerprint density at radius 1 is 1.00 bits per heavy atom. The van der Waals surface area contributed by atoms with Gasteiger partial charge in [0.05, 0.1) is 12.3 Å². The van der Waals surface area contributed by atoms with Crippen molar-refractivity contribution in [2.24, 2.45) is 5.92 Å². The van der Waals surface area contributed by atoms with Crippen molar-refractivity contribution in [3.05, 3.63) is 65.7 Å². The zero-order valence-electron chi connectivity index (χ0n) is 20.1. The van der Waals surface area contributed by atoms with Gasteiger partial charge in [-0.15, -0.1) is 10.2 Å². The lowest BCUT2D eigenvalue weighted by molar-refractivity contribution is -0.129. The first-order chi connectivity index (χ1) is 15.8. The maximum atomic E-state index is 12.8. The first-order valence-electron chi connectivity index (χ1n) is 11.8. The van der Waals surface area contributed by atoms with Crippen molar-refractivity contribution < 1.29 is 4.79 Å². The molecular formula is C27H34N4OS. The quantitative estimate of drug-likeness (QED) is 0.445. The number of benzene rings is 2. The molecule has 1 fully saturated rings. The summed E-state index contributed by atoms with van der Waals surface area (Å²) in [5.41, 5.74) is 3.61. The van der Waals surface area contributed by atoms with Crippen LogP contribution in [0.5, 0.6) is 0 Å². The highest BCUT2D eigenvalue weighted by Gasteiger charge is 2.22. The highest BCUT2D eigenvalue weighted by Crippen LogP contribution is 2.29. The van der Waals surface area contributed by atoms with Crippen molar-refractivity contribution in [2.45, 2.75) is 57.7 Å². The van der Waals surface area contributed by atoms with Crippen LogP contribution in [0.25, 0.3) is 11.4 Å². The summed E-state index contributed by atoms with van der Waals surface area (Å²) in [7, 11) is 0. The van der Waals surface area contributed by atoms with E-state index in [4.69, 9.17) is 0 Å². The van der Waals surface area contributed by atoms with Gasteiger partial charge in [-0.3, -0.25) is 9.36 Å². The fourth-order valence-electron chi connectivity index (χ4n) is 4.11. The molecule has 0 spiro atoms. The summed E-state index contributed by atoms with van der Waals surface area (Å²) in [5.74, 6) is 2.13. The summed E-state index contributed by atoms with van der Waals surface area (Å²) in [5, 5.41) is 9.82. The van der Waals surface area contributed by atoms with Crippen LogP contribution >= 0.6 is 11.8 Å². The molecule has 2 aromatic carbocycles. The molecule has 1 aromatic heterocycles. The number of hydrogen-bond acceptors (Lipinski definition) is 4. The van der Waals surface area contributed by atoms with E-state index in [0.717, 1.165) is 42.5 Å². The summed E-state index contributed by atoms with van der Waals surface area (Å²) < 4.78 is 2.14. The number of nitrogens with zero attached hydrogens (tertiary/aromatic N) is 4. The van der Waals surface area contributed by atoms with Crippen LogP contribution in [0.15, 0.2) is 59.8 Å². The highest BCUT2D eigenvalue weighted by molar-refractivity contribution is 7.99. The van der Waals surface area contributed by atoms with Crippen LogP contribution in [0, 0.1) is 5.92 Å². The van der Waals surface area contributed by atoms with Gasteiger partial charge in [0.25, 0.3) is 0 Å². The van der Waals surface area contributed by atoms with Crippen molar-refractivity contribution in [3.63, 3.8) is 0 Å². The van der Waals surface area contributed by atoms with E-state index in [1.807, 2.05) is 23.1 Å². The first kappa shape index (κ1) is 23.6. The summed E-state index contributed by atoms with van der Waals surface area (Å²) in [6.07, 6.45) is 2.19. The van der Waals surface area contributed by atoms with Gasteiger partial charge in [0, 0.05) is 18.7 Å². The molecule has 33 heavy (non-hydrogen) atoms. The minimum Gasteiger partial charge on any atom is -0.342 e. The van der Waals surface area contributed by atoms with Crippen molar-refractivity contribution in [1.29, 1.82) is 0 Å². The minimum absolute atomic E-state index is 0.101. The SMILES string of the molecule is CC1CCN(C(=O)CSc2nnc(-c3ccc(C(C)(C)C)cc3)n2Cc2ccccc2)CC1. The van der Waals surface area contributed by atoms with Gasteiger partial charge < -0.3 is 4.90 Å². The monoisotopic (exact) mass is 462 g/mol. The van der Waals surface area contributed by atoms with Gasteiger partial charge in [0.2, 0.25) is 5.91 Å². The number of carbonyl (C=O) groups is 1. The van der Waals surface area contributed by atoms with Crippen molar-refractivity contribution in [1.82, 2.24) is 19.7 Å². The van der Waals surface area contributed by atoms with E-state index in [-0.39, 0.29) is 11.3 Å². The van der Waals surface area contributed by atoms with E-state index in [9.17, 15) is 4.79 Å². The Hall–Kier alpha value is -2.60. The van der Waals surface area contributed by atoms with Gasteiger partial charge in [-0.2, -0.15) is 0 Å². The molecule has 0 saturated carbocycles.